The van der Waals surface area contributed by atoms with Crippen LogP contribution >= 0.6 is 12.6 Å². The number of benzene rings is 4. The number of nitrogens with one attached hydrogen (secondary N) is 2. The van der Waals surface area contributed by atoms with Gasteiger partial charge in [0.05, 0.1) is 11.3 Å². The quantitative estimate of drug-likeness (QED) is 0.103. The number of hydrogen-bond donors (Lipinski definition) is 4. The van der Waals surface area contributed by atoms with E-state index in [0.29, 0.717) is 21.8 Å². The maximum absolute atomic E-state index is 14.9. The van der Waals surface area contributed by atoms with Crippen LogP contribution in [0.3, 0.4) is 0 Å². The number of rotatable bonds is 7. The van der Waals surface area contributed by atoms with Gasteiger partial charge in [0.15, 0.2) is 0 Å². The topological polar surface area (TPSA) is 118 Å². The van der Waals surface area contributed by atoms with Gasteiger partial charge in [-0.1, -0.05) is 36.4 Å². The van der Waals surface area contributed by atoms with Crippen LogP contribution in [0.2, 0.25) is 0 Å². The summed E-state index contributed by atoms with van der Waals surface area (Å²) in [5.74, 6) is -1.06. The molecule has 4 N–H and O–H groups in total. The second-order valence-electron chi connectivity index (χ2n) is 7.48. The maximum atomic E-state index is 14.9. The van der Waals surface area contributed by atoms with Crippen molar-refractivity contribution in [3.8, 4) is 22.6 Å². The molecule has 1 amide bonds. The Labute approximate surface area is 205 Å². The first-order chi connectivity index (χ1) is 16.9. The number of halogens is 1. The van der Waals surface area contributed by atoms with Crippen molar-refractivity contribution in [3.63, 3.8) is 0 Å². The summed E-state index contributed by atoms with van der Waals surface area (Å²) in [6, 6.07) is 22.2. The molecule has 0 saturated heterocycles. The van der Waals surface area contributed by atoms with Crippen LogP contribution in [0.15, 0.2) is 95.0 Å². The second-order valence-corrected chi connectivity index (χ2v) is 7.96. The average Bonchev–Trinajstić information content (AvgIpc) is 2.86. The van der Waals surface area contributed by atoms with Crippen molar-refractivity contribution in [2.45, 2.75) is 4.90 Å². The first-order valence-electron chi connectivity index (χ1n) is 10.3. The van der Waals surface area contributed by atoms with Gasteiger partial charge in [0, 0.05) is 10.5 Å². The van der Waals surface area contributed by atoms with Crippen molar-refractivity contribution < 1.29 is 13.9 Å². The fourth-order valence-corrected chi connectivity index (χ4v) is 3.68. The van der Waals surface area contributed by atoms with E-state index in [9.17, 15) is 14.1 Å². The lowest BCUT2D eigenvalue weighted by atomic mass is 10.0. The third-order valence-corrected chi connectivity index (χ3v) is 5.51. The van der Waals surface area contributed by atoms with Crippen LogP contribution < -0.4 is 15.8 Å². The Morgan fingerprint density at radius 1 is 1.00 bits per heavy atom. The van der Waals surface area contributed by atoms with Gasteiger partial charge in [-0.2, -0.15) is 0 Å². The fraction of sp³-hybridized carbons (Fsp3) is 0. The molecule has 0 aliphatic carbocycles. The smallest absolute Gasteiger partial charge is 0.259 e. The van der Waals surface area contributed by atoms with E-state index in [4.69, 9.17) is 15.9 Å². The van der Waals surface area contributed by atoms with Gasteiger partial charge in [-0.25, -0.2) is 4.39 Å². The summed E-state index contributed by atoms with van der Waals surface area (Å²) in [5, 5.41) is 13.0. The number of amides is 1. The molecule has 0 bridgehead atoms. The fourth-order valence-electron chi connectivity index (χ4n) is 3.39. The number of carbonyl (C=O) groups is 1. The highest BCUT2D eigenvalue weighted by Gasteiger charge is 2.18. The number of nitroso groups, excluding NO2 is 1. The van der Waals surface area contributed by atoms with Crippen LogP contribution in [0.25, 0.3) is 11.1 Å². The summed E-state index contributed by atoms with van der Waals surface area (Å²) < 4.78 is 20.7. The lowest BCUT2D eigenvalue weighted by Gasteiger charge is -2.13. The van der Waals surface area contributed by atoms with Crippen molar-refractivity contribution >= 4 is 35.7 Å². The summed E-state index contributed by atoms with van der Waals surface area (Å²) in [7, 11) is 0. The van der Waals surface area contributed by atoms with Gasteiger partial charge >= 0.3 is 0 Å². The van der Waals surface area contributed by atoms with Crippen LogP contribution in [-0.2, 0) is 0 Å². The molecule has 0 heterocycles. The molecule has 0 saturated carbocycles. The summed E-state index contributed by atoms with van der Waals surface area (Å²) >= 11 is 4.40. The molecular formula is C26H19FN4O3S. The predicted octanol–water partition coefficient (Wildman–Crippen LogP) is 6.51. The zero-order valence-electron chi connectivity index (χ0n) is 18.2. The van der Waals surface area contributed by atoms with Gasteiger partial charge < -0.3 is 15.8 Å². The Kier molecular flexibility index (Phi) is 6.88. The number of ether oxygens (including phenoxy) is 1. The van der Waals surface area contributed by atoms with Gasteiger partial charge in [-0.3, -0.25) is 10.2 Å². The summed E-state index contributed by atoms with van der Waals surface area (Å²) in [6.45, 7) is 0. The summed E-state index contributed by atoms with van der Waals surface area (Å²) in [5.41, 5.74) is 7.24. The summed E-state index contributed by atoms with van der Waals surface area (Å²) in [4.78, 5) is 24.8. The second kappa shape index (κ2) is 10.2. The lowest BCUT2D eigenvalue weighted by Crippen LogP contribution is -2.14. The van der Waals surface area contributed by atoms with Gasteiger partial charge in [-0.05, 0) is 64.8 Å². The number of amidine groups is 1. The molecule has 35 heavy (non-hydrogen) atoms. The molecule has 0 radical (unpaired) electrons. The minimum absolute atomic E-state index is 0.00110. The molecule has 4 aromatic rings. The Morgan fingerprint density at radius 2 is 1.80 bits per heavy atom. The Hall–Kier alpha value is -4.50. The predicted molar refractivity (Wildman–Crippen MR) is 136 cm³/mol. The van der Waals surface area contributed by atoms with Gasteiger partial charge in [-0.15, -0.1) is 17.5 Å². The molecule has 0 aliphatic rings. The molecule has 0 atom stereocenters. The Morgan fingerprint density at radius 3 is 2.51 bits per heavy atom. The Bertz CT molecular complexity index is 1460. The number of anilines is 1. The van der Waals surface area contributed by atoms with E-state index in [0.717, 1.165) is 5.56 Å². The van der Waals surface area contributed by atoms with Crippen LogP contribution in [0.4, 0.5) is 15.8 Å². The number of nitrogens with zero attached hydrogens (tertiary/aromatic N) is 1. The molecular weight excluding hydrogens is 467 g/mol. The first-order valence-corrected chi connectivity index (χ1v) is 10.8. The molecule has 9 heteroatoms. The van der Waals surface area contributed by atoms with Crippen LogP contribution in [0, 0.1) is 16.1 Å². The third kappa shape index (κ3) is 5.36. The van der Waals surface area contributed by atoms with Gasteiger partial charge in [0.1, 0.15) is 28.8 Å². The molecule has 0 fully saturated rings. The minimum atomic E-state index is -0.700. The lowest BCUT2D eigenvalue weighted by molar-refractivity contribution is 0.102. The molecule has 4 aromatic carbocycles. The number of thiol groups is 1. The van der Waals surface area contributed by atoms with E-state index in [-0.39, 0.29) is 28.5 Å². The Balaban J connectivity index is 1.63. The zero-order chi connectivity index (χ0) is 24.9. The normalized spacial score (nSPS) is 10.5. The summed E-state index contributed by atoms with van der Waals surface area (Å²) in [6.07, 6.45) is 0. The molecule has 4 rings (SSSR count). The molecule has 0 aromatic heterocycles. The number of nitrogens with two attached hydrogens (primary N) is 1. The van der Waals surface area contributed by atoms with Crippen molar-refractivity contribution in [1.29, 1.82) is 5.41 Å². The third-order valence-electron chi connectivity index (χ3n) is 5.12. The highest BCUT2D eigenvalue weighted by Crippen LogP contribution is 2.32. The van der Waals surface area contributed by atoms with Crippen molar-refractivity contribution in [2.75, 3.05) is 5.32 Å². The van der Waals surface area contributed by atoms with Gasteiger partial charge in [0.25, 0.3) is 5.91 Å². The number of carbonyl (C=O) groups excluding carboxylic acids is 1. The van der Waals surface area contributed by atoms with E-state index in [2.05, 4.69) is 23.1 Å². The van der Waals surface area contributed by atoms with Crippen molar-refractivity contribution in [1.82, 2.24) is 0 Å². The van der Waals surface area contributed by atoms with Crippen molar-refractivity contribution in [3.05, 3.63) is 107 Å². The number of hydrogen-bond acceptors (Lipinski definition) is 6. The van der Waals surface area contributed by atoms with E-state index in [1.165, 1.54) is 36.4 Å². The SMILES string of the molecule is N=C(N)c1cccc(Oc2ccc(N=O)cc2C(=O)Nc2ccc(-c3ccccc3S)cc2F)c1. The van der Waals surface area contributed by atoms with E-state index in [1.54, 1.807) is 30.3 Å². The maximum Gasteiger partial charge on any atom is 0.259 e. The molecule has 0 unspecified atom stereocenters. The van der Waals surface area contributed by atoms with Crippen LogP contribution in [0.5, 0.6) is 11.5 Å². The molecule has 0 spiro atoms. The van der Waals surface area contributed by atoms with E-state index in [1.807, 2.05) is 18.2 Å². The molecule has 0 aliphatic heterocycles. The standard InChI is InChI=1S/C26H19FN4O3S/c27-21-13-15(19-6-1-2-7-24(19)35)8-10-22(21)30-26(32)20-14-17(31-33)9-11-23(20)34-18-5-3-4-16(12-18)25(28)29/h1-14,35H,(H3,28,29)(H,30,32). The van der Waals surface area contributed by atoms with E-state index >= 15 is 0 Å². The highest BCUT2D eigenvalue weighted by molar-refractivity contribution is 7.80. The molecule has 174 valence electrons. The zero-order valence-corrected chi connectivity index (χ0v) is 19.1. The largest absolute Gasteiger partial charge is 0.457 e. The highest BCUT2D eigenvalue weighted by atomic mass is 32.1. The number of nitrogen functional groups attached to an aromatic ring is 1. The van der Waals surface area contributed by atoms with Crippen molar-refractivity contribution in [2.24, 2.45) is 10.9 Å². The van der Waals surface area contributed by atoms with E-state index < -0.39 is 11.7 Å². The van der Waals surface area contributed by atoms with Crippen LogP contribution in [-0.4, -0.2) is 11.7 Å². The molecule has 7 nitrogen and oxygen atoms in total. The van der Waals surface area contributed by atoms with Gasteiger partial charge in [0.2, 0.25) is 0 Å². The average molecular weight is 487 g/mol. The monoisotopic (exact) mass is 486 g/mol. The van der Waals surface area contributed by atoms with Crippen LogP contribution in [0.1, 0.15) is 15.9 Å². The first kappa shape index (κ1) is 23.7. The minimum Gasteiger partial charge on any atom is -0.457 e.